The van der Waals surface area contributed by atoms with Crippen LogP contribution in [0.5, 0.6) is 5.75 Å². The Kier molecular flexibility index (Phi) is 39.9. The van der Waals surface area contributed by atoms with Crippen molar-refractivity contribution < 1.29 is 87.2 Å². The number of nitrogens with two attached hydrogens (primary N) is 1. The number of phenols is 1. The van der Waals surface area contributed by atoms with Crippen molar-refractivity contribution in [2.75, 3.05) is 13.7 Å². The molecule has 32 nitrogen and oxygen atoms in total. The highest BCUT2D eigenvalue weighted by molar-refractivity contribution is 6.43. The number of aliphatic carboxylic acids is 1. The molecule has 3 aromatic carbocycles. The molecular formula is C84H122N14O18. The van der Waals surface area contributed by atoms with Gasteiger partial charge < -0.3 is 57.9 Å². The monoisotopic (exact) mass is 1610 g/mol. The summed E-state index contributed by atoms with van der Waals surface area (Å²) in [6, 6.07) is 7.77. The number of aromatic nitrogens is 1. The number of aliphatic hydroxyl groups is 1. The van der Waals surface area contributed by atoms with Gasteiger partial charge in [0.05, 0.1) is 66.3 Å². The molecule has 2 heterocycles. The lowest BCUT2D eigenvalue weighted by Crippen LogP contribution is -2.65. The second-order valence-corrected chi connectivity index (χ2v) is 31.6. The molecule has 1 aromatic heterocycles. The van der Waals surface area contributed by atoms with E-state index in [0.29, 0.717) is 66.1 Å². The van der Waals surface area contributed by atoms with E-state index in [1.165, 1.54) is 58.9 Å². The number of allylic oxidation sites excluding steroid dienone is 2. The number of para-hydroxylation sites is 1. The summed E-state index contributed by atoms with van der Waals surface area (Å²) >= 11 is 0. The maximum atomic E-state index is 15.5. The van der Waals surface area contributed by atoms with E-state index in [2.05, 4.69) is 69.2 Å². The van der Waals surface area contributed by atoms with Gasteiger partial charge in [-0.2, -0.15) is 0 Å². The maximum Gasteiger partial charge on any atom is 0.303 e. The Hall–Kier alpha value is -9.93. The summed E-state index contributed by atoms with van der Waals surface area (Å²) in [5.74, 6) is -13.6. The van der Waals surface area contributed by atoms with Crippen molar-refractivity contribution >= 4 is 98.6 Å². The van der Waals surface area contributed by atoms with Gasteiger partial charge in [-0.05, 0) is 172 Å². The molecule has 0 spiro atoms. The molecule has 0 radical (unpaired) electrons. The minimum atomic E-state index is -2.05. The van der Waals surface area contributed by atoms with Crippen molar-refractivity contribution in [1.82, 2.24) is 69.2 Å². The molecule has 1 aliphatic heterocycles. The van der Waals surface area contributed by atoms with Crippen molar-refractivity contribution in [3.63, 3.8) is 0 Å². The summed E-state index contributed by atoms with van der Waals surface area (Å²) in [5, 5.41) is 54.4. The van der Waals surface area contributed by atoms with Crippen LogP contribution in [0, 0.1) is 11.8 Å². The second-order valence-electron chi connectivity index (χ2n) is 31.6. The fraction of sp³-hybridized carbons (Fsp3) is 0.560. The van der Waals surface area contributed by atoms with Gasteiger partial charge in [0, 0.05) is 43.5 Å². The number of phenolic OH excluding ortho intramolecular Hbond substituents is 1. The van der Waals surface area contributed by atoms with Crippen LogP contribution in [0.1, 0.15) is 195 Å². The van der Waals surface area contributed by atoms with E-state index in [1.54, 1.807) is 76.5 Å². The van der Waals surface area contributed by atoms with Crippen LogP contribution in [0.4, 0.5) is 0 Å². The number of primary amides is 1. The van der Waals surface area contributed by atoms with Crippen LogP contribution in [0.25, 0.3) is 10.9 Å². The average molecular weight is 1620 g/mol. The fourth-order valence-electron chi connectivity index (χ4n) is 13.4. The molecule has 636 valence electrons. The van der Waals surface area contributed by atoms with E-state index in [0.717, 1.165) is 0 Å². The largest absolute Gasteiger partial charge is 0.508 e. The highest BCUT2D eigenvalue weighted by Gasteiger charge is 2.44. The number of hydrogen-bond donors (Lipinski definition) is 17. The van der Waals surface area contributed by atoms with Gasteiger partial charge in [0.2, 0.25) is 58.6 Å². The molecule has 32 heteroatoms. The van der Waals surface area contributed by atoms with Crippen LogP contribution in [0.15, 0.2) is 97.2 Å². The molecule has 18 N–H and O–H groups in total. The number of hydrazine groups is 2. The zero-order valence-corrected chi connectivity index (χ0v) is 68.6. The SMILES string of the molecule is CN[C@@H](C)C(=O)CC(=O)[C@]1(C)CCC/C=C/CCCCCC[C@@](C)(NN[C@@H](Cc2ccccc2)C(=O)C(=O)[C@@H](NC(=O)[C@H](CC(C)C)NC(C)=O)[C@@H](C)O)C(=O)C(=O)[C@H](CCC(=O)O)NC(=O)[C@H](Cc2ccc(O)cc2)NN[C@@H](Cc2c[nH]c3ccccc23)C(=O)CC(=O)[C@H](C)NCN[C@@H](CCC(N)=O)C(=O)N[C@@H](CC(C)C)C(=O)N1. The first-order valence-electron chi connectivity index (χ1n) is 40.0. The molecule has 0 bridgehead atoms. The van der Waals surface area contributed by atoms with Gasteiger partial charge in [0.15, 0.2) is 23.1 Å². The summed E-state index contributed by atoms with van der Waals surface area (Å²) in [7, 11) is 1.57. The number of carboxylic acids is 1. The summed E-state index contributed by atoms with van der Waals surface area (Å²) in [5.41, 5.74) is 15.8. The molecular weight excluding hydrogens is 1490 g/mol. The van der Waals surface area contributed by atoms with Crippen molar-refractivity contribution in [1.29, 1.82) is 0 Å². The predicted molar refractivity (Wildman–Crippen MR) is 435 cm³/mol. The first-order chi connectivity index (χ1) is 54.8. The number of aliphatic hydroxyl groups excluding tert-OH is 1. The fourth-order valence-corrected chi connectivity index (χ4v) is 13.4. The highest BCUT2D eigenvalue weighted by Crippen LogP contribution is 2.25. The van der Waals surface area contributed by atoms with Crippen LogP contribution in [-0.2, 0) is 91.2 Å². The van der Waals surface area contributed by atoms with Gasteiger partial charge >= 0.3 is 5.97 Å². The lowest BCUT2D eigenvalue weighted by molar-refractivity contribution is -0.144. The Morgan fingerprint density at radius 3 is 1.91 bits per heavy atom. The third kappa shape index (κ3) is 31.9. The first kappa shape index (κ1) is 96.7. The van der Waals surface area contributed by atoms with E-state index >= 15 is 14.4 Å². The standard InChI is InChI=1S/C84H122N14O18/c1-49(2)40-65(90-54(8)100)80(114)93-74(53(7)99)77(111)75(109)64(42-55-26-20-19-21-27-55)97-98-84(10)39-25-18-16-14-12-13-15-17-24-38-83(9,71(105)46-69(103)51(5)86-11)94-82(116)66(41-50(3)4)92-79(113)62(34-36-72(85)106)89-48-88-52(6)68(102)45-70(104)63(44-57-47-87-60-29-23-22-28-59(57)60)95-96-67(43-56-30-32-58(101)33-31-56)81(115)91-61(35-37-73(107)108)76(110)78(84)112/h13,15,19-23,26-33,47,49-53,61-67,74,86-89,95-99,101H,12,14,16-18,24-25,34-46,48H2,1-11H3,(H2,85,106)(H,90,100)(H,91,115)(H,92,113)(H,93,114)(H,94,116)(H,107,108)/b15-13+/t51-,52-,53+,61-,62-,63-,64-,65-,66-,67-,74-,83-,84+/m0/s1. The number of amides is 6. The van der Waals surface area contributed by atoms with Gasteiger partial charge in [-0.1, -0.05) is 120 Å². The summed E-state index contributed by atoms with van der Waals surface area (Å²) in [6.45, 7) is 15.4. The van der Waals surface area contributed by atoms with E-state index in [-0.39, 0.29) is 88.5 Å². The molecule has 1 aliphatic rings. The number of rotatable bonds is 31. The maximum absolute atomic E-state index is 15.5. The average Bonchev–Trinajstić information content (AvgIpc) is 1.48. The van der Waals surface area contributed by atoms with Gasteiger partial charge in [0.1, 0.15) is 29.9 Å². The highest BCUT2D eigenvalue weighted by atomic mass is 16.4. The topological polar surface area (TPSA) is 503 Å². The molecule has 13 atom stereocenters. The summed E-state index contributed by atoms with van der Waals surface area (Å²) in [6.07, 6.45) is 3.46. The molecule has 0 unspecified atom stereocenters. The Labute approximate surface area is 678 Å². The number of carbonyl (C=O) groups is 15. The van der Waals surface area contributed by atoms with Crippen molar-refractivity contribution in [3.05, 3.63) is 114 Å². The number of carbonyl (C=O) groups excluding carboxylic acids is 14. The number of benzene rings is 3. The molecule has 5 rings (SSSR count). The normalized spacial score (nSPS) is 23.2. The number of H-pyrrole nitrogens is 1. The van der Waals surface area contributed by atoms with Crippen molar-refractivity contribution in [2.24, 2.45) is 17.6 Å². The third-order valence-electron chi connectivity index (χ3n) is 20.6. The van der Waals surface area contributed by atoms with E-state index in [1.807, 2.05) is 38.1 Å². The number of likely N-dealkylation sites (N-methyl/N-ethyl adjacent to an activating group) is 1. The Balaban J connectivity index is 1.61. The van der Waals surface area contributed by atoms with E-state index < -0.39 is 191 Å². The smallest absolute Gasteiger partial charge is 0.303 e. The second kappa shape index (κ2) is 47.9. The van der Waals surface area contributed by atoms with Crippen LogP contribution >= 0.6 is 0 Å². The number of ketones is 8. The zero-order chi connectivity index (χ0) is 86.0. The van der Waals surface area contributed by atoms with Crippen molar-refractivity contribution in [2.45, 2.75) is 275 Å². The van der Waals surface area contributed by atoms with Gasteiger partial charge in [0.25, 0.3) is 0 Å². The number of carboxylic acid groups (broad SMARTS) is 1. The molecule has 0 saturated heterocycles. The quantitative estimate of drug-likeness (QED) is 0.0149. The summed E-state index contributed by atoms with van der Waals surface area (Å²) < 4.78 is 0. The Morgan fingerprint density at radius 2 is 1.28 bits per heavy atom. The van der Waals surface area contributed by atoms with Crippen molar-refractivity contribution in [3.8, 4) is 5.75 Å². The number of aromatic amines is 1. The van der Waals surface area contributed by atoms with Crippen LogP contribution in [0.2, 0.25) is 0 Å². The number of nitrogens with one attached hydrogen (secondary N) is 13. The van der Waals surface area contributed by atoms with Gasteiger partial charge in [-0.25, -0.2) is 21.7 Å². The van der Waals surface area contributed by atoms with Crippen LogP contribution in [0.3, 0.4) is 0 Å². The molecule has 0 fully saturated rings. The Bertz CT molecular complexity index is 4050. The van der Waals surface area contributed by atoms with E-state index in [9.17, 15) is 72.9 Å². The summed E-state index contributed by atoms with van der Waals surface area (Å²) in [4.78, 5) is 215. The van der Waals surface area contributed by atoms with Gasteiger partial charge in [-0.15, -0.1) is 0 Å². The Morgan fingerprint density at radius 1 is 0.647 bits per heavy atom. The van der Waals surface area contributed by atoms with Gasteiger partial charge in [-0.3, -0.25) is 82.6 Å². The van der Waals surface area contributed by atoms with Crippen LogP contribution in [-0.4, -0.2) is 199 Å². The minimum absolute atomic E-state index is 0.0792. The van der Waals surface area contributed by atoms with Crippen LogP contribution < -0.4 is 70.0 Å². The lowest BCUT2D eigenvalue weighted by Gasteiger charge is -2.33. The molecule has 4 aromatic rings. The number of hydrogen-bond acceptors (Lipinski definition) is 24. The molecule has 6 amide bonds. The predicted octanol–water partition coefficient (Wildman–Crippen LogP) is 3.31. The molecule has 0 aliphatic carbocycles. The first-order valence-corrected chi connectivity index (χ1v) is 40.0. The minimum Gasteiger partial charge on any atom is -0.508 e. The third-order valence-corrected chi connectivity index (χ3v) is 20.6. The number of aromatic hydroxyl groups is 1. The number of Topliss-reactive ketones (excluding diaryl/α,β-unsaturated/α-hetero) is 8. The molecule has 116 heavy (non-hydrogen) atoms. The number of fused-ring (bicyclic) bond motifs is 1. The molecule has 0 saturated carbocycles. The lowest BCUT2D eigenvalue weighted by atomic mass is 9.85. The van der Waals surface area contributed by atoms with E-state index in [4.69, 9.17) is 5.73 Å². The zero-order valence-electron chi connectivity index (χ0n) is 68.6.